The maximum absolute atomic E-state index is 12.6. The van der Waals surface area contributed by atoms with Crippen molar-refractivity contribution in [1.82, 2.24) is 15.1 Å². The number of guanidine groups is 1. The van der Waals surface area contributed by atoms with Gasteiger partial charge >= 0.3 is 6.03 Å². The second-order valence-corrected chi connectivity index (χ2v) is 7.66. The number of imide groups is 1. The van der Waals surface area contributed by atoms with Gasteiger partial charge in [0.05, 0.1) is 11.4 Å². The second kappa shape index (κ2) is 6.35. The van der Waals surface area contributed by atoms with Crippen molar-refractivity contribution >= 4 is 40.9 Å². The Bertz CT molecular complexity index is 1100. The predicted molar refractivity (Wildman–Crippen MR) is 111 cm³/mol. The Balaban J connectivity index is 1.66. The highest BCUT2D eigenvalue weighted by molar-refractivity contribution is 6.32. The first-order chi connectivity index (χ1) is 14.0. The Hall–Kier alpha value is -3.32. The van der Waals surface area contributed by atoms with Crippen LogP contribution in [0, 0.1) is 6.92 Å². The number of amides is 3. The molecule has 8 heteroatoms. The monoisotopic (exact) mass is 407 g/mol. The quantitative estimate of drug-likeness (QED) is 0.830. The molecule has 0 aromatic heterocycles. The lowest BCUT2D eigenvalue weighted by atomic mass is 10.1. The molecule has 3 heterocycles. The average molecular weight is 408 g/mol. The van der Waals surface area contributed by atoms with E-state index in [0.29, 0.717) is 11.0 Å². The number of benzene rings is 2. The Labute approximate surface area is 172 Å². The van der Waals surface area contributed by atoms with Gasteiger partial charge in [0.15, 0.2) is 12.2 Å². The van der Waals surface area contributed by atoms with Gasteiger partial charge in [-0.3, -0.25) is 19.9 Å². The largest absolute Gasteiger partial charge is 0.325 e. The number of halogens is 1. The number of hydrogen-bond donors (Lipinski definition) is 1. The third kappa shape index (κ3) is 2.61. The number of anilines is 1. The summed E-state index contributed by atoms with van der Waals surface area (Å²) in [5.74, 6) is 0.236. The summed E-state index contributed by atoms with van der Waals surface area (Å²) >= 11 is 6.40. The van der Waals surface area contributed by atoms with Crippen LogP contribution in [0.15, 0.2) is 59.7 Å². The lowest BCUT2D eigenvalue weighted by molar-refractivity contribution is -0.126. The van der Waals surface area contributed by atoms with Crippen LogP contribution >= 0.6 is 11.6 Å². The van der Waals surface area contributed by atoms with E-state index in [9.17, 15) is 9.59 Å². The van der Waals surface area contributed by atoms with E-state index in [-0.39, 0.29) is 5.91 Å². The Morgan fingerprint density at radius 3 is 2.59 bits per heavy atom. The molecule has 2 atom stereocenters. The fourth-order valence-corrected chi connectivity index (χ4v) is 4.04. The van der Waals surface area contributed by atoms with E-state index in [1.165, 1.54) is 4.90 Å². The number of nitrogens with zero attached hydrogens (tertiary/aromatic N) is 4. The highest BCUT2D eigenvalue weighted by Gasteiger charge is 2.52. The number of likely N-dealkylation sites (N-methyl/N-ethyl adjacent to an activating group) is 1. The molecule has 3 amide bonds. The van der Waals surface area contributed by atoms with Crippen LogP contribution in [0.3, 0.4) is 0 Å². The van der Waals surface area contributed by atoms with Gasteiger partial charge < -0.3 is 4.90 Å². The summed E-state index contributed by atoms with van der Waals surface area (Å²) in [6.07, 6.45) is 1.33. The Morgan fingerprint density at radius 1 is 1.10 bits per heavy atom. The first-order valence-corrected chi connectivity index (χ1v) is 9.61. The normalized spacial score (nSPS) is 22.9. The standard InChI is InChI=1S/C21H18ClN5O2/c1-12-8-9-14(10-15(12)22)27-16(13-6-4-3-5-7-13)11-26-17-18(23-20(26)27)25(2)21(29)24-19(17)28/h3-11,17-18H,1-2H3,(H,24,28,29). The summed E-state index contributed by atoms with van der Waals surface area (Å²) in [5, 5.41) is 3.05. The SMILES string of the molecule is Cc1ccc(N2C(c3ccccc3)=CN3C2=NC2C3C(=O)NC(=O)N2C)cc1Cl. The maximum Gasteiger partial charge on any atom is 0.325 e. The molecule has 0 bridgehead atoms. The first kappa shape index (κ1) is 17.8. The fourth-order valence-electron chi connectivity index (χ4n) is 3.87. The van der Waals surface area contributed by atoms with Gasteiger partial charge in [0.25, 0.3) is 5.91 Å². The van der Waals surface area contributed by atoms with Gasteiger partial charge in [0, 0.05) is 23.8 Å². The molecular formula is C21H18ClN5O2. The number of aliphatic imine (C=N–C) groups is 1. The van der Waals surface area contributed by atoms with E-state index in [2.05, 4.69) is 5.32 Å². The summed E-state index contributed by atoms with van der Waals surface area (Å²) < 4.78 is 0. The van der Waals surface area contributed by atoms with Crippen molar-refractivity contribution in [3.8, 4) is 0 Å². The topological polar surface area (TPSA) is 68.2 Å². The lowest BCUT2D eigenvalue weighted by Crippen LogP contribution is -2.62. The van der Waals surface area contributed by atoms with Crippen LogP contribution in [-0.4, -0.2) is 47.0 Å². The maximum atomic E-state index is 12.6. The third-order valence-corrected chi connectivity index (χ3v) is 5.87. The molecular weight excluding hydrogens is 390 g/mol. The number of carbonyl (C=O) groups is 2. The van der Waals surface area contributed by atoms with E-state index in [4.69, 9.17) is 16.6 Å². The van der Waals surface area contributed by atoms with Crippen LogP contribution in [0.2, 0.25) is 5.02 Å². The van der Waals surface area contributed by atoms with Crippen molar-refractivity contribution in [2.75, 3.05) is 11.9 Å². The second-order valence-electron chi connectivity index (χ2n) is 7.25. The summed E-state index contributed by atoms with van der Waals surface area (Å²) in [4.78, 5) is 34.7. The molecule has 0 radical (unpaired) electrons. The molecule has 0 saturated carbocycles. The summed E-state index contributed by atoms with van der Waals surface area (Å²) in [6.45, 7) is 1.95. The Kier molecular flexibility index (Phi) is 3.89. The van der Waals surface area contributed by atoms with Gasteiger partial charge in [-0.2, -0.15) is 0 Å². The predicted octanol–water partition coefficient (Wildman–Crippen LogP) is 3.01. The van der Waals surface area contributed by atoms with Gasteiger partial charge in [-0.1, -0.05) is 48.0 Å². The van der Waals surface area contributed by atoms with Gasteiger partial charge in [0.1, 0.15) is 0 Å². The minimum absolute atomic E-state index is 0.357. The number of fused-ring (bicyclic) bond motifs is 3. The van der Waals surface area contributed by atoms with E-state index in [1.807, 2.05) is 71.5 Å². The summed E-state index contributed by atoms with van der Waals surface area (Å²) in [5.41, 5.74) is 3.68. The zero-order valence-electron chi connectivity index (χ0n) is 15.8. The van der Waals surface area contributed by atoms with E-state index < -0.39 is 18.2 Å². The van der Waals surface area contributed by atoms with Crippen LogP contribution in [0.5, 0.6) is 0 Å². The molecule has 3 aliphatic rings. The van der Waals surface area contributed by atoms with Gasteiger partial charge in [-0.25, -0.2) is 9.79 Å². The molecule has 3 aliphatic heterocycles. The zero-order valence-corrected chi connectivity index (χ0v) is 16.6. The molecule has 0 aliphatic carbocycles. The van der Waals surface area contributed by atoms with Crippen molar-refractivity contribution in [2.45, 2.75) is 19.1 Å². The van der Waals surface area contributed by atoms with Crippen LogP contribution in [-0.2, 0) is 4.79 Å². The molecule has 146 valence electrons. The van der Waals surface area contributed by atoms with E-state index in [1.54, 1.807) is 7.05 Å². The molecule has 1 fully saturated rings. The smallest absolute Gasteiger partial charge is 0.303 e. The van der Waals surface area contributed by atoms with Crippen LogP contribution in [0.4, 0.5) is 10.5 Å². The molecule has 5 rings (SSSR count). The number of carbonyl (C=O) groups excluding carboxylic acids is 2. The summed E-state index contributed by atoms with van der Waals surface area (Å²) in [6, 6.07) is 14.6. The minimum Gasteiger partial charge on any atom is -0.303 e. The minimum atomic E-state index is -0.614. The van der Waals surface area contributed by atoms with Crippen molar-refractivity contribution in [1.29, 1.82) is 0 Å². The average Bonchev–Trinajstić information content (AvgIpc) is 3.25. The number of hydrogen-bond acceptors (Lipinski definition) is 5. The van der Waals surface area contributed by atoms with Crippen molar-refractivity contribution in [3.63, 3.8) is 0 Å². The highest BCUT2D eigenvalue weighted by atomic mass is 35.5. The zero-order chi connectivity index (χ0) is 20.3. The van der Waals surface area contributed by atoms with Crippen molar-refractivity contribution in [2.24, 2.45) is 4.99 Å². The molecule has 29 heavy (non-hydrogen) atoms. The van der Waals surface area contributed by atoms with Crippen LogP contribution < -0.4 is 10.2 Å². The van der Waals surface area contributed by atoms with E-state index >= 15 is 0 Å². The molecule has 0 spiro atoms. The lowest BCUT2D eigenvalue weighted by Gasteiger charge is -2.34. The molecule has 7 nitrogen and oxygen atoms in total. The first-order valence-electron chi connectivity index (χ1n) is 9.23. The van der Waals surface area contributed by atoms with Gasteiger partial charge in [0.2, 0.25) is 5.96 Å². The van der Waals surface area contributed by atoms with Crippen molar-refractivity contribution in [3.05, 3.63) is 70.9 Å². The van der Waals surface area contributed by atoms with E-state index in [0.717, 1.165) is 22.5 Å². The summed E-state index contributed by atoms with van der Waals surface area (Å²) in [7, 11) is 1.64. The fraction of sp³-hybridized carbons (Fsp3) is 0.190. The third-order valence-electron chi connectivity index (χ3n) is 5.46. The van der Waals surface area contributed by atoms with Gasteiger partial charge in [-0.05, 0) is 24.6 Å². The number of aryl methyl sites for hydroxylation is 1. The molecule has 1 N–H and O–H groups in total. The number of rotatable bonds is 2. The molecule has 1 saturated heterocycles. The molecule has 2 aromatic carbocycles. The highest BCUT2D eigenvalue weighted by Crippen LogP contribution is 2.39. The van der Waals surface area contributed by atoms with Crippen molar-refractivity contribution < 1.29 is 9.59 Å². The van der Waals surface area contributed by atoms with Crippen LogP contribution in [0.1, 0.15) is 11.1 Å². The Morgan fingerprint density at radius 2 is 1.86 bits per heavy atom. The molecule has 2 aromatic rings. The number of nitrogens with one attached hydrogen (secondary N) is 1. The van der Waals surface area contributed by atoms with Crippen LogP contribution in [0.25, 0.3) is 5.70 Å². The molecule has 2 unspecified atom stereocenters. The number of urea groups is 1. The van der Waals surface area contributed by atoms with Gasteiger partial charge in [-0.15, -0.1) is 0 Å².